The monoisotopic (exact) mass is 333 g/mol. The first-order valence-electron chi connectivity index (χ1n) is 6.83. The molecule has 0 fully saturated rings. The summed E-state index contributed by atoms with van der Waals surface area (Å²) < 4.78 is 6.70. The summed E-state index contributed by atoms with van der Waals surface area (Å²) in [6, 6.07) is 5.28. The topological polar surface area (TPSA) is 128 Å². The van der Waals surface area contributed by atoms with Crippen LogP contribution in [0, 0.1) is 17.0 Å². The number of ether oxygens (including phenoxy) is 1. The minimum atomic E-state index is -0.580. The Hall–Kier alpha value is -3.43. The second-order valence-corrected chi connectivity index (χ2v) is 4.81. The van der Waals surface area contributed by atoms with E-state index >= 15 is 0 Å². The molecule has 10 nitrogen and oxygen atoms in total. The Bertz CT molecular complexity index is 768. The Balaban J connectivity index is 1.80. The molecule has 0 unspecified atom stereocenters. The van der Waals surface area contributed by atoms with Gasteiger partial charge < -0.3 is 4.74 Å². The van der Waals surface area contributed by atoms with Crippen LogP contribution in [0.5, 0.6) is 5.75 Å². The zero-order valence-electron chi connectivity index (χ0n) is 13.0. The maximum Gasteiger partial charge on any atom is 0.276 e. The first kappa shape index (κ1) is 16.9. The predicted molar refractivity (Wildman–Crippen MR) is 82.1 cm³/mol. The molecule has 1 heterocycles. The third-order valence-corrected chi connectivity index (χ3v) is 3.21. The van der Waals surface area contributed by atoms with Crippen LogP contribution in [0.4, 0.5) is 5.69 Å². The second-order valence-electron chi connectivity index (χ2n) is 4.81. The van der Waals surface area contributed by atoms with Gasteiger partial charge >= 0.3 is 0 Å². The number of carbonyl (C=O) groups is 2. The molecule has 2 aromatic rings. The molecule has 126 valence electrons. The molecule has 0 atom stereocenters. The Kier molecular flexibility index (Phi) is 5.09. The Labute approximate surface area is 136 Å². The lowest BCUT2D eigenvalue weighted by Gasteiger charge is -2.08. The van der Waals surface area contributed by atoms with Crippen LogP contribution in [-0.2, 0) is 11.8 Å². The van der Waals surface area contributed by atoms with Gasteiger partial charge in [-0.05, 0) is 19.1 Å². The van der Waals surface area contributed by atoms with E-state index in [0.29, 0.717) is 17.0 Å². The predicted octanol–water partition coefficient (Wildman–Crippen LogP) is 0.477. The molecule has 0 bridgehead atoms. The number of hydrazine groups is 1. The van der Waals surface area contributed by atoms with Gasteiger partial charge in [-0.2, -0.15) is 5.10 Å². The van der Waals surface area contributed by atoms with Crippen molar-refractivity contribution in [3.05, 3.63) is 51.8 Å². The third-order valence-electron chi connectivity index (χ3n) is 3.21. The van der Waals surface area contributed by atoms with Gasteiger partial charge in [-0.1, -0.05) is 0 Å². The molecule has 0 aliphatic carbocycles. The van der Waals surface area contributed by atoms with Crippen LogP contribution < -0.4 is 15.6 Å². The number of non-ortho nitro benzene ring substituents is 1. The first-order valence-corrected chi connectivity index (χ1v) is 6.83. The van der Waals surface area contributed by atoms with Crippen LogP contribution in [0.15, 0.2) is 30.5 Å². The molecule has 0 aliphatic heterocycles. The summed E-state index contributed by atoms with van der Waals surface area (Å²) in [6.07, 6.45) is 1.39. The van der Waals surface area contributed by atoms with E-state index in [-0.39, 0.29) is 12.3 Å². The molecule has 0 radical (unpaired) electrons. The molecule has 2 amide bonds. The first-order chi connectivity index (χ1) is 11.4. The summed E-state index contributed by atoms with van der Waals surface area (Å²) in [4.78, 5) is 33.5. The number of nitrogens with one attached hydrogen (secondary N) is 2. The number of carbonyl (C=O) groups excluding carboxylic acids is 2. The number of amides is 2. The summed E-state index contributed by atoms with van der Waals surface area (Å²) in [6.45, 7) is 1.37. The SMILES string of the molecule is Cc1c(C(=O)NNC(=O)COc2ccc([N+](=O)[O-])cc2)cnn1C. The second kappa shape index (κ2) is 7.22. The number of hydrogen-bond acceptors (Lipinski definition) is 6. The summed E-state index contributed by atoms with van der Waals surface area (Å²) in [5, 5.41) is 14.5. The van der Waals surface area contributed by atoms with Crippen molar-refractivity contribution in [1.29, 1.82) is 0 Å². The molecule has 2 N–H and O–H groups in total. The number of rotatable bonds is 5. The van der Waals surface area contributed by atoms with Gasteiger partial charge in [0.2, 0.25) is 0 Å². The zero-order chi connectivity index (χ0) is 17.7. The fraction of sp³-hybridized carbons (Fsp3) is 0.214. The number of nitro benzene ring substituents is 1. The van der Waals surface area contributed by atoms with E-state index in [2.05, 4.69) is 16.0 Å². The zero-order valence-corrected chi connectivity index (χ0v) is 13.0. The maximum absolute atomic E-state index is 11.9. The molecule has 10 heteroatoms. The molecule has 2 rings (SSSR count). The van der Waals surface area contributed by atoms with Gasteiger partial charge in [0.15, 0.2) is 6.61 Å². The van der Waals surface area contributed by atoms with Gasteiger partial charge in [-0.15, -0.1) is 0 Å². The lowest BCUT2D eigenvalue weighted by atomic mass is 10.2. The van der Waals surface area contributed by atoms with E-state index in [1.807, 2.05) is 0 Å². The third kappa shape index (κ3) is 4.06. The number of aromatic nitrogens is 2. The van der Waals surface area contributed by atoms with E-state index < -0.39 is 16.7 Å². The van der Waals surface area contributed by atoms with Crippen LogP contribution in [-0.4, -0.2) is 33.1 Å². The van der Waals surface area contributed by atoms with Crippen molar-refractivity contribution >= 4 is 17.5 Å². The summed E-state index contributed by atoms with van der Waals surface area (Å²) >= 11 is 0. The Morgan fingerprint density at radius 1 is 1.29 bits per heavy atom. The lowest BCUT2D eigenvalue weighted by molar-refractivity contribution is -0.384. The van der Waals surface area contributed by atoms with Crippen LogP contribution in [0.3, 0.4) is 0 Å². The molecule has 1 aromatic carbocycles. The molecule has 0 aliphatic rings. The highest BCUT2D eigenvalue weighted by Crippen LogP contribution is 2.16. The molecule has 1 aromatic heterocycles. The van der Waals surface area contributed by atoms with Crippen molar-refractivity contribution in [2.75, 3.05) is 6.61 Å². The van der Waals surface area contributed by atoms with E-state index in [9.17, 15) is 19.7 Å². The largest absolute Gasteiger partial charge is 0.484 e. The fourth-order valence-corrected chi connectivity index (χ4v) is 1.76. The van der Waals surface area contributed by atoms with Gasteiger partial charge in [0.1, 0.15) is 5.75 Å². The number of aryl methyl sites for hydroxylation is 1. The van der Waals surface area contributed by atoms with Gasteiger partial charge in [0.25, 0.3) is 17.5 Å². The highest BCUT2D eigenvalue weighted by molar-refractivity contribution is 5.96. The molecule has 24 heavy (non-hydrogen) atoms. The number of hydrogen-bond donors (Lipinski definition) is 2. The van der Waals surface area contributed by atoms with Crippen LogP contribution in [0.1, 0.15) is 16.1 Å². The van der Waals surface area contributed by atoms with Gasteiger partial charge in [-0.3, -0.25) is 35.2 Å². The number of nitro groups is 1. The normalized spacial score (nSPS) is 10.1. The van der Waals surface area contributed by atoms with E-state index in [4.69, 9.17) is 4.74 Å². The summed E-state index contributed by atoms with van der Waals surface area (Å²) in [5.74, 6) is -0.780. The maximum atomic E-state index is 11.9. The fourth-order valence-electron chi connectivity index (χ4n) is 1.76. The number of nitrogens with zero attached hydrogens (tertiary/aromatic N) is 3. The molecule has 0 saturated carbocycles. The highest BCUT2D eigenvalue weighted by Gasteiger charge is 2.13. The summed E-state index contributed by atoms with van der Waals surface area (Å²) in [7, 11) is 1.70. The molecule has 0 saturated heterocycles. The smallest absolute Gasteiger partial charge is 0.276 e. The minimum absolute atomic E-state index is 0.0779. The van der Waals surface area contributed by atoms with Gasteiger partial charge in [0, 0.05) is 24.9 Å². The van der Waals surface area contributed by atoms with Crippen LogP contribution in [0.2, 0.25) is 0 Å². The quantitative estimate of drug-likeness (QED) is 0.605. The standard InChI is InChI=1S/C14H15N5O5/c1-9-12(7-15-18(9)2)14(21)17-16-13(20)8-24-11-5-3-10(4-6-11)19(22)23/h3-7H,8H2,1-2H3,(H,16,20)(H,17,21). The van der Waals surface area contributed by atoms with Crippen molar-refractivity contribution < 1.29 is 19.2 Å². The van der Waals surface area contributed by atoms with Crippen LogP contribution >= 0.6 is 0 Å². The summed E-state index contributed by atoms with van der Waals surface area (Å²) in [5.41, 5.74) is 5.38. The van der Waals surface area contributed by atoms with E-state index in [0.717, 1.165) is 0 Å². The van der Waals surface area contributed by atoms with Gasteiger partial charge in [0.05, 0.1) is 16.7 Å². The number of benzene rings is 1. The van der Waals surface area contributed by atoms with Crippen molar-refractivity contribution in [1.82, 2.24) is 20.6 Å². The van der Waals surface area contributed by atoms with E-state index in [1.165, 1.54) is 35.1 Å². The van der Waals surface area contributed by atoms with E-state index in [1.54, 1.807) is 14.0 Å². The molecular formula is C14H15N5O5. The Morgan fingerprint density at radius 3 is 2.50 bits per heavy atom. The highest BCUT2D eigenvalue weighted by atomic mass is 16.6. The molecule has 0 spiro atoms. The molecular weight excluding hydrogens is 318 g/mol. The minimum Gasteiger partial charge on any atom is -0.484 e. The Morgan fingerprint density at radius 2 is 1.96 bits per heavy atom. The lowest BCUT2D eigenvalue weighted by Crippen LogP contribution is -2.44. The van der Waals surface area contributed by atoms with Crippen molar-refractivity contribution in [3.63, 3.8) is 0 Å². The average molecular weight is 333 g/mol. The van der Waals surface area contributed by atoms with Crippen molar-refractivity contribution in [3.8, 4) is 5.75 Å². The van der Waals surface area contributed by atoms with Gasteiger partial charge in [-0.25, -0.2) is 0 Å². The van der Waals surface area contributed by atoms with Crippen molar-refractivity contribution in [2.24, 2.45) is 7.05 Å². The average Bonchev–Trinajstić information content (AvgIpc) is 2.90. The van der Waals surface area contributed by atoms with Crippen LogP contribution in [0.25, 0.3) is 0 Å². The van der Waals surface area contributed by atoms with Crippen molar-refractivity contribution in [2.45, 2.75) is 6.92 Å².